The van der Waals surface area contributed by atoms with E-state index in [1.165, 1.54) is 40.9 Å². The molecule has 0 aliphatic carbocycles. The number of hydrogen-bond donors (Lipinski definition) is 0. The normalized spacial score (nSPS) is 12.0. The van der Waals surface area contributed by atoms with E-state index in [9.17, 15) is 12.8 Å². The maximum Gasteiger partial charge on any atom is 0.243 e. The van der Waals surface area contributed by atoms with E-state index >= 15 is 0 Å². The van der Waals surface area contributed by atoms with Crippen LogP contribution in [0.4, 0.5) is 4.39 Å². The van der Waals surface area contributed by atoms with E-state index in [4.69, 9.17) is 0 Å². The molecule has 0 bridgehead atoms. The lowest BCUT2D eigenvalue weighted by atomic mass is 10.4. The van der Waals surface area contributed by atoms with Gasteiger partial charge in [-0.2, -0.15) is 4.31 Å². The molecule has 0 fully saturated rings. The predicted octanol–water partition coefficient (Wildman–Crippen LogP) is 3.47. The minimum absolute atomic E-state index is 0.0365. The molecule has 0 saturated heterocycles. The summed E-state index contributed by atoms with van der Waals surface area (Å²) in [5.41, 5.74) is 0. The van der Waals surface area contributed by atoms with Crippen molar-refractivity contribution in [1.29, 1.82) is 0 Å². The van der Waals surface area contributed by atoms with Gasteiger partial charge in [-0.15, -0.1) is 11.3 Å². The Balaban J connectivity index is 2.24. The standard InChI is InChI=1S/C12H11BrFNO2S2/c1-15(8-10-5-6-12(13)18-10)19(16,17)11-4-2-3-9(14)7-11/h2-7H,8H2,1H3. The Labute approximate surface area is 123 Å². The van der Waals surface area contributed by atoms with Crippen molar-refractivity contribution in [2.75, 3.05) is 7.05 Å². The largest absolute Gasteiger partial charge is 0.243 e. The number of hydrogen-bond acceptors (Lipinski definition) is 3. The quantitative estimate of drug-likeness (QED) is 0.833. The van der Waals surface area contributed by atoms with Crippen LogP contribution in [0.2, 0.25) is 0 Å². The highest BCUT2D eigenvalue weighted by Gasteiger charge is 2.21. The van der Waals surface area contributed by atoms with Crippen LogP contribution >= 0.6 is 27.3 Å². The van der Waals surface area contributed by atoms with Crippen molar-refractivity contribution in [3.63, 3.8) is 0 Å². The second kappa shape index (κ2) is 5.70. The topological polar surface area (TPSA) is 37.4 Å². The van der Waals surface area contributed by atoms with Crippen LogP contribution in [0.3, 0.4) is 0 Å². The van der Waals surface area contributed by atoms with Crippen LogP contribution in [-0.4, -0.2) is 19.8 Å². The summed E-state index contributed by atoms with van der Waals surface area (Å²) in [6.45, 7) is 0.259. The van der Waals surface area contributed by atoms with Gasteiger partial charge < -0.3 is 0 Å². The molecular formula is C12H11BrFNO2S2. The first kappa shape index (κ1) is 14.6. The minimum Gasteiger partial charge on any atom is -0.207 e. The van der Waals surface area contributed by atoms with Crippen molar-refractivity contribution in [3.8, 4) is 0 Å². The van der Waals surface area contributed by atoms with E-state index in [2.05, 4.69) is 15.9 Å². The lowest BCUT2D eigenvalue weighted by molar-refractivity contribution is 0.469. The molecule has 7 heteroatoms. The van der Waals surface area contributed by atoms with Gasteiger partial charge in [-0.1, -0.05) is 6.07 Å². The second-order valence-corrected chi connectivity index (χ2v) is 8.52. The minimum atomic E-state index is -3.67. The summed E-state index contributed by atoms with van der Waals surface area (Å²) in [6, 6.07) is 8.73. The smallest absolute Gasteiger partial charge is 0.207 e. The van der Waals surface area contributed by atoms with Crippen LogP contribution in [0.15, 0.2) is 45.1 Å². The average Bonchev–Trinajstić information content (AvgIpc) is 2.74. The summed E-state index contributed by atoms with van der Waals surface area (Å²) in [5.74, 6) is -0.562. The van der Waals surface area contributed by atoms with E-state index in [1.54, 1.807) is 0 Å². The third kappa shape index (κ3) is 3.42. The van der Waals surface area contributed by atoms with Crippen LogP contribution in [-0.2, 0) is 16.6 Å². The summed E-state index contributed by atoms with van der Waals surface area (Å²) in [6.07, 6.45) is 0. The molecular weight excluding hydrogens is 353 g/mol. The van der Waals surface area contributed by atoms with E-state index < -0.39 is 15.8 Å². The van der Waals surface area contributed by atoms with Crippen LogP contribution in [0.1, 0.15) is 4.88 Å². The van der Waals surface area contributed by atoms with Gasteiger partial charge in [0.15, 0.2) is 0 Å². The summed E-state index contributed by atoms with van der Waals surface area (Å²) < 4.78 is 39.8. The van der Waals surface area contributed by atoms with Gasteiger partial charge in [-0.3, -0.25) is 0 Å². The maximum atomic E-state index is 13.1. The Kier molecular flexibility index (Phi) is 4.39. The summed E-state index contributed by atoms with van der Waals surface area (Å²) in [7, 11) is -2.19. The van der Waals surface area contributed by atoms with Crippen LogP contribution in [0.5, 0.6) is 0 Å². The zero-order chi connectivity index (χ0) is 14.0. The Hall–Kier alpha value is -0.760. The van der Waals surface area contributed by atoms with Crippen molar-refractivity contribution in [2.45, 2.75) is 11.4 Å². The Morgan fingerprint density at radius 2 is 2.05 bits per heavy atom. The molecule has 0 N–H and O–H groups in total. The molecule has 2 aromatic rings. The highest BCUT2D eigenvalue weighted by Crippen LogP contribution is 2.25. The van der Waals surface area contributed by atoms with Gasteiger partial charge in [0.2, 0.25) is 10.0 Å². The zero-order valence-corrected chi connectivity index (χ0v) is 13.2. The number of nitrogens with zero attached hydrogens (tertiary/aromatic N) is 1. The molecule has 0 amide bonds. The van der Waals surface area contributed by atoms with Crippen LogP contribution in [0, 0.1) is 5.82 Å². The molecule has 3 nitrogen and oxygen atoms in total. The fourth-order valence-corrected chi connectivity index (χ4v) is 4.35. The van der Waals surface area contributed by atoms with Crippen molar-refractivity contribution < 1.29 is 12.8 Å². The van der Waals surface area contributed by atoms with Crippen LogP contribution in [0.25, 0.3) is 0 Å². The van der Waals surface area contributed by atoms with E-state index in [0.717, 1.165) is 14.7 Å². The molecule has 2 rings (SSSR count). The second-order valence-electron chi connectivity index (χ2n) is 3.92. The third-order valence-electron chi connectivity index (χ3n) is 2.51. The molecule has 0 radical (unpaired) electrons. The van der Waals surface area contributed by atoms with Crippen molar-refractivity contribution >= 4 is 37.3 Å². The maximum absolute atomic E-state index is 13.1. The van der Waals surface area contributed by atoms with Gasteiger partial charge >= 0.3 is 0 Å². The molecule has 1 aromatic carbocycles. The van der Waals surface area contributed by atoms with Gasteiger partial charge in [-0.25, -0.2) is 12.8 Å². The number of rotatable bonds is 4. The molecule has 0 aliphatic heterocycles. The zero-order valence-electron chi connectivity index (χ0n) is 10.0. The van der Waals surface area contributed by atoms with E-state index in [-0.39, 0.29) is 11.4 Å². The Morgan fingerprint density at radius 1 is 1.32 bits per heavy atom. The number of thiophene rings is 1. The average molecular weight is 364 g/mol. The SMILES string of the molecule is CN(Cc1ccc(Br)s1)S(=O)(=O)c1cccc(F)c1. The van der Waals surface area contributed by atoms with Gasteiger partial charge in [0.1, 0.15) is 5.82 Å². The molecule has 0 atom stereocenters. The van der Waals surface area contributed by atoms with Gasteiger partial charge in [-0.05, 0) is 46.3 Å². The first-order chi connectivity index (χ1) is 8.89. The Bertz CT molecular complexity index is 685. The fraction of sp³-hybridized carbons (Fsp3) is 0.167. The summed E-state index contributed by atoms with van der Waals surface area (Å²) in [4.78, 5) is 0.875. The van der Waals surface area contributed by atoms with Gasteiger partial charge in [0, 0.05) is 18.5 Å². The molecule has 102 valence electrons. The molecule has 0 aliphatic rings. The number of halogens is 2. The molecule has 0 spiro atoms. The van der Waals surface area contributed by atoms with E-state index in [1.807, 2.05) is 12.1 Å². The van der Waals surface area contributed by atoms with Gasteiger partial charge in [0.05, 0.1) is 8.68 Å². The molecule has 0 saturated carbocycles. The molecule has 1 aromatic heterocycles. The Morgan fingerprint density at radius 3 is 2.63 bits per heavy atom. The molecule has 19 heavy (non-hydrogen) atoms. The first-order valence-electron chi connectivity index (χ1n) is 5.36. The fourth-order valence-electron chi connectivity index (χ4n) is 1.55. The molecule has 1 heterocycles. The van der Waals surface area contributed by atoms with Crippen molar-refractivity contribution in [3.05, 3.63) is 50.9 Å². The van der Waals surface area contributed by atoms with Crippen LogP contribution < -0.4 is 0 Å². The lowest BCUT2D eigenvalue weighted by Crippen LogP contribution is -2.26. The van der Waals surface area contributed by atoms with E-state index in [0.29, 0.717) is 0 Å². The number of sulfonamides is 1. The van der Waals surface area contributed by atoms with Crippen molar-refractivity contribution in [1.82, 2.24) is 4.31 Å². The summed E-state index contributed by atoms with van der Waals surface area (Å²) in [5, 5.41) is 0. The summed E-state index contributed by atoms with van der Waals surface area (Å²) >= 11 is 4.79. The third-order valence-corrected chi connectivity index (χ3v) is 5.92. The molecule has 0 unspecified atom stereocenters. The first-order valence-corrected chi connectivity index (χ1v) is 8.40. The van der Waals surface area contributed by atoms with Gasteiger partial charge in [0.25, 0.3) is 0 Å². The number of benzene rings is 1. The van der Waals surface area contributed by atoms with Crippen molar-refractivity contribution in [2.24, 2.45) is 0 Å². The lowest BCUT2D eigenvalue weighted by Gasteiger charge is -2.16. The monoisotopic (exact) mass is 363 g/mol. The highest BCUT2D eigenvalue weighted by atomic mass is 79.9. The predicted molar refractivity (Wildman–Crippen MR) is 77.1 cm³/mol. The highest BCUT2D eigenvalue weighted by molar-refractivity contribution is 9.11.